The number of hydrogen-bond acceptors (Lipinski definition) is 7. The first-order valence-electron chi connectivity index (χ1n) is 12.0. The highest BCUT2D eigenvalue weighted by Gasteiger charge is 2.20. The van der Waals surface area contributed by atoms with Crippen molar-refractivity contribution in [3.05, 3.63) is 101 Å². The molecular formula is C28H20ClF2N7O2. The summed E-state index contributed by atoms with van der Waals surface area (Å²) in [6.45, 7) is 0.0292. The molecule has 5 aromatic rings. The summed E-state index contributed by atoms with van der Waals surface area (Å²) in [4.78, 5) is 25.3. The second kappa shape index (κ2) is 11.8. The van der Waals surface area contributed by atoms with E-state index in [9.17, 15) is 13.6 Å². The van der Waals surface area contributed by atoms with Crippen LogP contribution in [0, 0.1) is 23.0 Å². The fourth-order valence-electron chi connectivity index (χ4n) is 4.04. The number of imidazole rings is 1. The van der Waals surface area contributed by atoms with E-state index in [1.165, 1.54) is 24.5 Å². The van der Waals surface area contributed by atoms with Gasteiger partial charge >= 0.3 is 0 Å². The Balaban J connectivity index is 1.33. The Hall–Kier alpha value is -5.08. The van der Waals surface area contributed by atoms with Gasteiger partial charge in [0.15, 0.2) is 29.6 Å². The van der Waals surface area contributed by atoms with Gasteiger partial charge in [-0.05, 0) is 54.4 Å². The Bertz CT molecular complexity index is 1740. The van der Waals surface area contributed by atoms with Crippen molar-refractivity contribution in [1.29, 1.82) is 5.26 Å². The molecule has 0 aliphatic carbocycles. The Kier molecular flexibility index (Phi) is 7.80. The van der Waals surface area contributed by atoms with E-state index >= 15 is 0 Å². The molecule has 12 heteroatoms. The van der Waals surface area contributed by atoms with Crippen molar-refractivity contribution in [2.24, 2.45) is 0 Å². The zero-order valence-corrected chi connectivity index (χ0v) is 21.5. The van der Waals surface area contributed by atoms with Gasteiger partial charge in [0, 0.05) is 42.6 Å². The standard InChI is InChI=1S/C28H20ClF2N7O2/c29-21-15-18(1-2-19(21)28(39)35-11-7-17-5-9-33-10-6-17)37-26-27-36-16-22(38(27)13-12-34-26)20-3-4-23(40-14-8-32)25(31)24(20)30/h1-6,9-10,12-13,15-16H,7,11,14H2,(H,34,37)(H,35,39). The summed E-state index contributed by atoms with van der Waals surface area (Å²) >= 11 is 6.41. The van der Waals surface area contributed by atoms with Gasteiger partial charge < -0.3 is 15.4 Å². The molecule has 5 rings (SSSR count). The molecule has 9 nitrogen and oxygen atoms in total. The van der Waals surface area contributed by atoms with Gasteiger partial charge in [-0.25, -0.2) is 14.4 Å². The number of halogens is 3. The molecule has 0 aliphatic heterocycles. The van der Waals surface area contributed by atoms with E-state index in [0.29, 0.717) is 35.7 Å². The predicted octanol–water partition coefficient (Wildman–Crippen LogP) is 5.34. The number of pyridine rings is 1. The summed E-state index contributed by atoms with van der Waals surface area (Å²) in [6.07, 6.45) is 8.48. The van der Waals surface area contributed by atoms with Crippen LogP contribution in [0.5, 0.6) is 5.75 Å². The minimum absolute atomic E-state index is 0.0474. The van der Waals surface area contributed by atoms with E-state index in [2.05, 4.69) is 25.6 Å². The second-order valence-electron chi connectivity index (χ2n) is 8.48. The molecule has 0 unspecified atom stereocenters. The van der Waals surface area contributed by atoms with Gasteiger partial charge in [-0.15, -0.1) is 0 Å². The van der Waals surface area contributed by atoms with Crippen LogP contribution in [-0.2, 0) is 6.42 Å². The Morgan fingerprint density at radius 2 is 1.90 bits per heavy atom. The molecule has 0 radical (unpaired) electrons. The highest BCUT2D eigenvalue weighted by atomic mass is 35.5. The number of aromatic nitrogens is 4. The van der Waals surface area contributed by atoms with Crippen molar-refractivity contribution < 1.29 is 18.3 Å². The number of anilines is 2. The predicted molar refractivity (Wildman–Crippen MR) is 144 cm³/mol. The summed E-state index contributed by atoms with van der Waals surface area (Å²) < 4.78 is 35.9. The smallest absolute Gasteiger partial charge is 0.252 e. The lowest BCUT2D eigenvalue weighted by atomic mass is 10.1. The summed E-state index contributed by atoms with van der Waals surface area (Å²) in [7, 11) is 0. The van der Waals surface area contributed by atoms with Gasteiger partial charge in [-0.1, -0.05) is 11.6 Å². The van der Waals surface area contributed by atoms with Crippen LogP contribution >= 0.6 is 11.6 Å². The highest BCUT2D eigenvalue weighted by Crippen LogP contribution is 2.32. The van der Waals surface area contributed by atoms with Crippen LogP contribution < -0.4 is 15.4 Å². The van der Waals surface area contributed by atoms with Crippen LogP contribution in [-0.4, -0.2) is 38.4 Å². The maximum atomic E-state index is 14.9. The number of amides is 1. The Labute approximate surface area is 232 Å². The SMILES string of the molecule is N#CCOc1ccc(-c2cnc3c(Nc4ccc(C(=O)NCCc5ccncc5)c(Cl)c4)nccn23)c(F)c1F. The molecule has 0 saturated heterocycles. The lowest BCUT2D eigenvalue weighted by Crippen LogP contribution is -2.26. The van der Waals surface area contributed by atoms with Crippen LogP contribution in [0.4, 0.5) is 20.3 Å². The first-order valence-corrected chi connectivity index (χ1v) is 12.4. The van der Waals surface area contributed by atoms with Crippen LogP contribution in [0.2, 0.25) is 5.02 Å². The number of benzene rings is 2. The third kappa shape index (κ3) is 5.52. The van der Waals surface area contributed by atoms with Crippen LogP contribution in [0.1, 0.15) is 15.9 Å². The first kappa shape index (κ1) is 26.5. The van der Waals surface area contributed by atoms with Crippen molar-refractivity contribution >= 4 is 34.7 Å². The minimum Gasteiger partial charge on any atom is -0.476 e. The molecule has 2 aromatic carbocycles. The van der Waals surface area contributed by atoms with Crippen molar-refractivity contribution in [2.75, 3.05) is 18.5 Å². The third-order valence-electron chi connectivity index (χ3n) is 5.97. The molecule has 3 aromatic heterocycles. The molecule has 0 saturated carbocycles. The molecule has 3 heterocycles. The number of hydrogen-bond donors (Lipinski definition) is 2. The number of rotatable bonds is 9. The maximum absolute atomic E-state index is 14.9. The summed E-state index contributed by atoms with van der Waals surface area (Å²) in [5.41, 5.74) is 2.49. The summed E-state index contributed by atoms with van der Waals surface area (Å²) in [5, 5.41) is 14.8. The Morgan fingerprint density at radius 3 is 2.67 bits per heavy atom. The second-order valence-corrected chi connectivity index (χ2v) is 8.89. The first-order chi connectivity index (χ1) is 19.5. The average Bonchev–Trinajstić information content (AvgIpc) is 3.39. The van der Waals surface area contributed by atoms with E-state index in [0.717, 1.165) is 5.56 Å². The lowest BCUT2D eigenvalue weighted by Gasteiger charge is -2.11. The fraction of sp³-hybridized carbons (Fsp3) is 0.107. The van der Waals surface area contributed by atoms with E-state index in [4.69, 9.17) is 21.6 Å². The van der Waals surface area contributed by atoms with E-state index in [1.54, 1.807) is 47.3 Å². The van der Waals surface area contributed by atoms with Gasteiger partial charge in [0.1, 0.15) is 6.07 Å². The number of carbonyl (C=O) groups is 1. The number of nitrogens with zero attached hydrogens (tertiary/aromatic N) is 5. The van der Waals surface area contributed by atoms with Gasteiger partial charge in [0.25, 0.3) is 5.91 Å². The summed E-state index contributed by atoms with van der Waals surface area (Å²) in [6, 6.07) is 12.9. The third-order valence-corrected chi connectivity index (χ3v) is 6.28. The van der Waals surface area contributed by atoms with Crippen LogP contribution in [0.3, 0.4) is 0 Å². The largest absolute Gasteiger partial charge is 0.476 e. The minimum atomic E-state index is -1.20. The lowest BCUT2D eigenvalue weighted by molar-refractivity contribution is 0.0954. The van der Waals surface area contributed by atoms with Gasteiger partial charge in [0.05, 0.1) is 22.5 Å². The molecule has 200 valence electrons. The van der Waals surface area contributed by atoms with E-state index < -0.39 is 18.2 Å². The Morgan fingerprint density at radius 1 is 1.07 bits per heavy atom. The number of nitrogens with one attached hydrogen (secondary N) is 2. The number of ether oxygens (including phenoxy) is 1. The van der Waals surface area contributed by atoms with Gasteiger partial charge in [-0.2, -0.15) is 9.65 Å². The van der Waals surface area contributed by atoms with Gasteiger partial charge in [-0.3, -0.25) is 14.2 Å². The zero-order chi connectivity index (χ0) is 28.1. The average molecular weight is 560 g/mol. The van der Waals surface area contributed by atoms with Crippen molar-refractivity contribution in [3.63, 3.8) is 0 Å². The molecule has 40 heavy (non-hydrogen) atoms. The normalized spacial score (nSPS) is 10.8. The number of fused-ring (bicyclic) bond motifs is 1. The topological polar surface area (TPSA) is 117 Å². The molecule has 0 bridgehead atoms. The maximum Gasteiger partial charge on any atom is 0.252 e. The monoisotopic (exact) mass is 559 g/mol. The number of nitriles is 1. The fourth-order valence-corrected chi connectivity index (χ4v) is 4.30. The number of carbonyl (C=O) groups excluding carboxylic acids is 1. The zero-order valence-electron chi connectivity index (χ0n) is 20.7. The van der Waals surface area contributed by atoms with Crippen molar-refractivity contribution in [2.45, 2.75) is 6.42 Å². The molecule has 0 aliphatic rings. The van der Waals surface area contributed by atoms with E-state index in [-0.39, 0.29) is 27.9 Å². The molecule has 1 amide bonds. The van der Waals surface area contributed by atoms with Gasteiger partial charge in [0.2, 0.25) is 5.82 Å². The van der Waals surface area contributed by atoms with Crippen LogP contribution in [0.25, 0.3) is 16.9 Å². The molecule has 2 N–H and O–H groups in total. The quantitative estimate of drug-likeness (QED) is 0.250. The molecular weight excluding hydrogens is 540 g/mol. The summed E-state index contributed by atoms with van der Waals surface area (Å²) in [5.74, 6) is -2.67. The van der Waals surface area contributed by atoms with Crippen molar-refractivity contribution in [1.82, 2.24) is 24.7 Å². The van der Waals surface area contributed by atoms with Crippen molar-refractivity contribution in [3.8, 4) is 23.1 Å². The highest BCUT2D eigenvalue weighted by molar-refractivity contribution is 6.34. The van der Waals surface area contributed by atoms with Crippen LogP contribution in [0.15, 0.2) is 73.4 Å². The molecule has 0 atom stereocenters. The molecule has 0 spiro atoms. The van der Waals surface area contributed by atoms with E-state index in [1.807, 2.05) is 12.1 Å². The molecule has 0 fully saturated rings.